The van der Waals surface area contributed by atoms with Crippen LogP contribution in [-0.2, 0) is 6.42 Å². The van der Waals surface area contributed by atoms with Crippen LogP contribution in [0.3, 0.4) is 0 Å². The third kappa shape index (κ3) is 5.57. The first-order valence-electron chi connectivity index (χ1n) is 7.67. The summed E-state index contributed by atoms with van der Waals surface area (Å²) >= 11 is 0. The third-order valence-corrected chi connectivity index (χ3v) is 3.20. The molecule has 1 aromatic heterocycles. The lowest BCUT2D eigenvalue weighted by atomic mass is 10.2. The Balaban J connectivity index is 2.66. The normalized spacial score (nSPS) is 10.6. The van der Waals surface area contributed by atoms with E-state index in [4.69, 9.17) is 0 Å². The molecule has 6 nitrogen and oxygen atoms in total. The summed E-state index contributed by atoms with van der Waals surface area (Å²) in [4.78, 5) is 19.8. The van der Waals surface area contributed by atoms with Crippen LogP contribution in [0.15, 0.2) is 0 Å². The molecule has 3 N–H and O–H groups in total. The highest BCUT2D eigenvalue weighted by Gasteiger charge is 2.19. The topological polar surface area (TPSA) is 95.3 Å². The highest BCUT2D eigenvalue weighted by Crippen LogP contribution is 2.25. The van der Waals surface area contributed by atoms with Gasteiger partial charge in [0.15, 0.2) is 5.69 Å². The zero-order valence-electron chi connectivity index (χ0n) is 12.9. The number of nitrogens with zero attached hydrogens (tertiary/aromatic N) is 2. The first-order valence-corrected chi connectivity index (χ1v) is 7.67. The smallest absolute Gasteiger partial charge is 0.274 e. The second kappa shape index (κ2) is 9.15. The molecule has 0 saturated heterocycles. The largest absolute Gasteiger partial charge is 0.501 e. The van der Waals surface area contributed by atoms with Gasteiger partial charge >= 0.3 is 0 Å². The summed E-state index contributed by atoms with van der Waals surface area (Å²) in [5, 5.41) is 22.0. The number of carbonyl (C=O) groups is 1. The summed E-state index contributed by atoms with van der Waals surface area (Å²) in [6, 6.07) is 0. The fraction of sp³-hybridized carbons (Fsp3) is 0.667. The van der Waals surface area contributed by atoms with E-state index in [2.05, 4.69) is 22.2 Å². The molecule has 0 aromatic carbocycles. The zero-order chi connectivity index (χ0) is 15.7. The lowest BCUT2D eigenvalue weighted by molar-refractivity contribution is 0.0943. The first kappa shape index (κ1) is 17.2. The quantitative estimate of drug-likeness (QED) is 0.608. The third-order valence-electron chi connectivity index (χ3n) is 3.20. The number of amides is 1. The summed E-state index contributed by atoms with van der Waals surface area (Å²) in [5.41, 5.74) is -0.149. The van der Waals surface area contributed by atoms with Gasteiger partial charge in [-0.1, -0.05) is 39.5 Å². The molecule has 0 fully saturated rings. The Hall–Kier alpha value is -1.85. The van der Waals surface area contributed by atoms with E-state index < -0.39 is 17.5 Å². The van der Waals surface area contributed by atoms with E-state index in [0.29, 0.717) is 18.8 Å². The summed E-state index contributed by atoms with van der Waals surface area (Å²) in [7, 11) is 0. The van der Waals surface area contributed by atoms with Gasteiger partial charge in [0.05, 0.1) is 0 Å². The van der Waals surface area contributed by atoms with Crippen LogP contribution in [0.4, 0.5) is 0 Å². The van der Waals surface area contributed by atoms with Crippen molar-refractivity contribution in [3.8, 4) is 11.6 Å². The maximum atomic E-state index is 12.0. The van der Waals surface area contributed by atoms with Gasteiger partial charge in [-0.15, -0.1) is 0 Å². The monoisotopic (exact) mass is 295 g/mol. The van der Waals surface area contributed by atoms with E-state index in [1.807, 2.05) is 6.92 Å². The SMILES string of the molecule is CCCCCCNC(=O)c1nc(CCCC)nc(O)c1O. The van der Waals surface area contributed by atoms with Gasteiger partial charge in [-0.25, -0.2) is 4.98 Å². The average molecular weight is 295 g/mol. The van der Waals surface area contributed by atoms with Crippen molar-refractivity contribution < 1.29 is 15.0 Å². The Labute approximate surface area is 125 Å². The Bertz CT molecular complexity index is 464. The van der Waals surface area contributed by atoms with Gasteiger partial charge in [-0.05, 0) is 12.8 Å². The number of carbonyl (C=O) groups excluding carboxylic acids is 1. The molecule has 0 bridgehead atoms. The fourth-order valence-corrected chi connectivity index (χ4v) is 1.93. The standard InChI is InChI=1S/C15H25N3O3/c1-3-5-7-8-10-16-14(20)12-13(19)15(21)18-11(17-12)9-6-4-2/h19H,3-10H2,1-2H3,(H,16,20)(H,17,18,21). The summed E-state index contributed by atoms with van der Waals surface area (Å²) in [6.07, 6.45) is 6.61. The van der Waals surface area contributed by atoms with Crippen LogP contribution in [0.5, 0.6) is 11.6 Å². The van der Waals surface area contributed by atoms with Gasteiger partial charge in [0.2, 0.25) is 5.75 Å². The Morgan fingerprint density at radius 2 is 1.76 bits per heavy atom. The van der Waals surface area contributed by atoms with Crippen molar-refractivity contribution in [3.63, 3.8) is 0 Å². The van der Waals surface area contributed by atoms with Crippen LogP contribution in [0.25, 0.3) is 0 Å². The highest BCUT2D eigenvalue weighted by molar-refractivity contribution is 5.95. The molecule has 1 rings (SSSR count). The molecule has 0 atom stereocenters. The van der Waals surface area contributed by atoms with Crippen LogP contribution in [-0.4, -0.2) is 32.6 Å². The molecule has 0 spiro atoms. The number of hydrogen-bond acceptors (Lipinski definition) is 5. The lowest BCUT2D eigenvalue weighted by Crippen LogP contribution is -2.26. The van der Waals surface area contributed by atoms with Gasteiger partial charge in [0, 0.05) is 13.0 Å². The minimum absolute atomic E-state index is 0.149. The molecule has 1 heterocycles. The van der Waals surface area contributed by atoms with Crippen molar-refractivity contribution >= 4 is 5.91 Å². The molecular weight excluding hydrogens is 270 g/mol. The number of nitrogens with one attached hydrogen (secondary N) is 1. The Morgan fingerprint density at radius 3 is 2.43 bits per heavy atom. The molecular formula is C15H25N3O3. The van der Waals surface area contributed by atoms with E-state index in [1.165, 1.54) is 0 Å². The van der Waals surface area contributed by atoms with E-state index in [0.717, 1.165) is 38.5 Å². The van der Waals surface area contributed by atoms with Crippen molar-refractivity contribution in [1.82, 2.24) is 15.3 Å². The molecule has 21 heavy (non-hydrogen) atoms. The molecule has 0 unspecified atom stereocenters. The van der Waals surface area contributed by atoms with Crippen LogP contribution in [0.2, 0.25) is 0 Å². The van der Waals surface area contributed by atoms with Crippen molar-refractivity contribution in [2.24, 2.45) is 0 Å². The zero-order valence-corrected chi connectivity index (χ0v) is 12.9. The molecule has 118 valence electrons. The number of aryl methyl sites for hydroxylation is 1. The van der Waals surface area contributed by atoms with E-state index >= 15 is 0 Å². The molecule has 0 radical (unpaired) electrons. The van der Waals surface area contributed by atoms with Gasteiger partial charge in [0.1, 0.15) is 5.82 Å². The maximum Gasteiger partial charge on any atom is 0.274 e. The van der Waals surface area contributed by atoms with E-state index in [9.17, 15) is 15.0 Å². The lowest BCUT2D eigenvalue weighted by Gasteiger charge is -2.08. The highest BCUT2D eigenvalue weighted by atomic mass is 16.3. The van der Waals surface area contributed by atoms with Gasteiger partial charge in [-0.3, -0.25) is 4.79 Å². The molecule has 1 amide bonds. The van der Waals surface area contributed by atoms with Crippen molar-refractivity contribution in [2.75, 3.05) is 6.54 Å². The predicted molar refractivity (Wildman–Crippen MR) is 80.4 cm³/mol. The molecule has 1 aromatic rings. The second-order valence-corrected chi connectivity index (χ2v) is 5.08. The van der Waals surface area contributed by atoms with Crippen LogP contribution < -0.4 is 5.32 Å². The minimum atomic E-state index is -0.554. The van der Waals surface area contributed by atoms with Gasteiger partial charge < -0.3 is 15.5 Å². The van der Waals surface area contributed by atoms with Crippen LogP contribution in [0, 0.1) is 0 Å². The van der Waals surface area contributed by atoms with E-state index in [1.54, 1.807) is 0 Å². The molecule has 0 aliphatic carbocycles. The molecule has 0 saturated carbocycles. The van der Waals surface area contributed by atoms with Crippen LogP contribution in [0.1, 0.15) is 68.7 Å². The number of rotatable bonds is 9. The molecule has 0 aliphatic rings. The van der Waals surface area contributed by atoms with Crippen molar-refractivity contribution in [2.45, 2.75) is 58.8 Å². The summed E-state index contributed by atoms with van der Waals surface area (Å²) in [6.45, 7) is 4.69. The first-order chi connectivity index (χ1) is 10.1. The number of unbranched alkanes of at least 4 members (excludes halogenated alkanes) is 4. The Kier molecular flexibility index (Phi) is 7.50. The molecule has 0 aliphatic heterocycles. The predicted octanol–water partition coefficient (Wildman–Crippen LogP) is 2.54. The van der Waals surface area contributed by atoms with Gasteiger partial charge in [0.25, 0.3) is 11.8 Å². The second-order valence-electron chi connectivity index (χ2n) is 5.08. The Morgan fingerprint density at radius 1 is 1.05 bits per heavy atom. The van der Waals surface area contributed by atoms with Crippen molar-refractivity contribution in [1.29, 1.82) is 0 Å². The minimum Gasteiger partial charge on any atom is -0.501 e. The number of aromatic nitrogens is 2. The number of hydrogen-bond donors (Lipinski definition) is 3. The maximum absolute atomic E-state index is 12.0. The number of aromatic hydroxyl groups is 2. The summed E-state index contributed by atoms with van der Waals surface area (Å²) in [5.74, 6) is -1.18. The van der Waals surface area contributed by atoms with Crippen LogP contribution >= 0.6 is 0 Å². The van der Waals surface area contributed by atoms with Crippen molar-refractivity contribution in [3.05, 3.63) is 11.5 Å². The van der Waals surface area contributed by atoms with E-state index in [-0.39, 0.29) is 5.69 Å². The average Bonchev–Trinajstić information content (AvgIpc) is 2.47. The fourth-order valence-electron chi connectivity index (χ4n) is 1.93. The molecule has 6 heteroatoms. The van der Waals surface area contributed by atoms with Gasteiger partial charge in [-0.2, -0.15) is 4.98 Å². The summed E-state index contributed by atoms with van der Waals surface area (Å²) < 4.78 is 0.